The van der Waals surface area contributed by atoms with Crippen LogP contribution >= 0.6 is 35.3 Å². The van der Waals surface area contributed by atoms with Crippen LogP contribution in [0.25, 0.3) is 10.8 Å². The molecule has 0 atom stereocenters. The summed E-state index contributed by atoms with van der Waals surface area (Å²) in [6, 6.07) is 12.6. The Hall–Kier alpha value is -1.87. The third kappa shape index (κ3) is 6.07. The molecule has 0 radical (unpaired) electrons. The average Bonchev–Trinajstić information content (AvgIpc) is 3.09. The van der Waals surface area contributed by atoms with Gasteiger partial charge in [-0.3, -0.25) is 4.99 Å². The molecular formula is C20H25IN4OS. The van der Waals surface area contributed by atoms with E-state index in [0.29, 0.717) is 0 Å². The minimum Gasteiger partial charge on any atom is -0.497 e. The Morgan fingerprint density at radius 1 is 1.15 bits per heavy atom. The van der Waals surface area contributed by atoms with Gasteiger partial charge in [0, 0.05) is 37.6 Å². The number of fused-ring (bicyclic) bond motifs is 1. The molecule has 1 aromatic heterocycles. The van der Waals surface area contributed by atoms with Crippen molar-refractivity contribution >= 4 is 52.0 Å². The standard InChI is InChI=1S/C20H24N4OS.HI/c1-14-12-23-19(26-14)8-9-22-20(21-2)24-13-15-4-5-17-11-18(25-3)7-6-16(17)10-15;/h4-7,10-12H,8-9,13H2,1-3H3,(H2,21,22,24);1H. The zero-order valence-corrected chi connectivity index (χ0v) is 18.9. The fourth-order valence-corrected chi connectivity index (χ4v) is 3.51. The minimum atomic E-state index is 0. The molecule has 0 aliphatic heterocycles. The van der Waals surface area contributed by atoms with Gasteiger partial charge in [0.2, 0.25) is 0 Å². The fraction of sp³-hybridized carbons (Fsp3) is 0.300. The van der Waals surface area contributed by atoms with E-state index in [2.05, 4.69) is 51.8 Å². The monoisotopic (exact) mass is 496 g/mol. The van der Waals surface area contributed by atoms with Crippen molar-refractivity contribution in [2.45, 2.75) is 19.9 Å². The number of hydrogen-bond donors (Lipinski definition) is 2. The number of methoxy groups -OCH3 is 1. The van der Waals surface area contributed by atoms with E-state index in [-0.39, 0.29) is 24.0 Å². The lowest BCUT2D eigenvalue weighted by Crippen LogP contribution is -2.37. The summed E-state index contributed by atoms with van der Waals surface area (Å²) in [5.41, 5.74) is 1.21. The first-order valence-corrected chi connectivity index (χ1v) is 9.42. The maximum Gasteiger partial charge on any atom is 0.191 e. The second kappa shape index (κ2) is 10.5. The van der Waals surface area contributed by atoms with Gasteiger partial charge < -0.3 is 15.4 Å². The van der Waals surface area contributed by atoms with Gasteiger partial charge in [-0.2, -0.15) is 0 Å². The maximum absolute atomic E-state index is 5.28. The van der Waals surface area contributed by atoms with Gasteiger partial charge in [0.25, 0.3) is 0 Å². The molecule has 0 unspecified atom stereocenters. The van der Waals surface area contributed by atoms with Gasteiger partial charge in [0.1, 0.15) is 5.75 Å². The van der Waals surface area contributed by atoms with E-state index in [4.69, 9.17) is 4.74 Å². The number of nitrogens with zero attached hydrogens (tertiary/aromatic N) is 2. The van der Waals surface area contributed by atoms with E-state index in [1.54, 1.807) is 25.5 Å². The largest absolute Gasteiger partial charge is 0.497 e. The SMILES string of the molecule is CN=C(NCCc1ncc(C)s1)NCc1ccc2cc(OC)ccc2c1.I. The minimum absolute atomic E-state index is 0. The quantitative estimate of drug-likeness (QED) is 0.306. The molecule has 0 aliphatic rings. The first-order valence-electron chi connectivity index (χ1n) is 8.60. The molecule has 0 aliphatic carbocycles. The zero-order valence-electron chi connectivity index (χ0n) is 15.8. The van der Waals surface area contributed by atoms with Gasteiger partial charge in [0.05, 0.1) is 12.1 Å². The van der Waals surface area contributed by atoms with Crippen molar-refractivity contribution in [3.8, 4) is 5.75 Å². The molecule has 2 aromatic carbocycles. The number of aryl methyl sites for hydroxylation is 1. The number of hydrogen-bond acceptors (Lipinski definition) is 4. The van der Waals surface area contributed by atoms with Crippen molar-refractivity contribution in [2.75, 3.05) is 20.7 Å². The molecule has 27 heavy (non-hydrogen) atoms. The molecule has 0 amide bonds. The van der Waals surface area contributed by atoms with Crippen molar-refractivity contribution in [1.29, 1.82) is 0 Å². The number of nitrogens with one attached hydrogen (secondary N) is 2. The van der Waals surface area contributed by atoms with Crippen molar-refractivity contribution in [3.05, 3.63) is 58.0 Å². The Morgan fingerprint density at radius 3 is 2.63 bits per heavy atom. The van der Waals surface area contributed by atoms with E-state index in [1.165, 1.54) is 21.2 Å². The third-order valence-electron chi connectivity index (χ3n) is 4.10. The van der Waals surface area contributed by atoms with Crippen LogP contribution in [0.4, 0.5) is 0 Å². The second-order valence-electron chi connectivity index (χ2n) is 6.01. The fourth-order valence-electron chi connectivity index (χ4n) is 2.72. The third-order valence-corrected chi connectivity index (χ3v) is 5.07. The molecular weight excluding hydrogens is 471 g/mol. The Kier molecular flexibility index (Phi) is 8.30. The van der Waals surface area contributed by atoms with E-state index in [1.807, 2.05) is 18.3 Å². The summed E-state index contributed by atoms with van der Waals surface area (Å²) in [5.74, 6) is 1.68. The summed E-state index contributed by atoms with van der Waals surface area (Å²) < 4.78 is 5.28. The van der Waals surface area contributed by atoms with Crippen molar-refractivity contribution < 1.29 is 4.74 Å². The predicted molar refractivity (Wildman–Crippen MR) is 125 cm³/mol. The van der Waals surface area contributed by atoms with Gasteiger partial charge in [-0.05, 0) is 41.5 Å². The van der Waals surface area contributed by atoms with Crippen molar-refractivity contribution in [2.24, 2.45) is 4.99 Å². The topological polar surface area (TPSA) is 58.5 Å². The lowest BCUT2D eigenvalue weighted by molar-refractivity contribution is 0.415. The van der Waals surface area contributed by atoms with Gasteiger partial charge in [0.15, 0.2) is 5.96 Å². The normalized spacial score (nSPS) is 11.1. The lowest BCUT2D eigenvalue weighted by Gasteiger charge is -2.12. The summed E-state index contributed by atoms with van der Waals surface area (Å²) in [7, 11) is 3.48. The Morgan fingerprint density at radius 2 is 1.93 bits per heavy atom. The van der Waals surface area contributed by atoms with Gasteiger partial charge in [-0.15, -0.1) is 35.3 Å². The number of halogens is 1. The van der Waals surface area contributed by atoms with Gasteiger partial charge in [-0.1, -0.05) is 18.2 Å². The predicted octanol–water partition coefficient (Wildman–Crippen LogP) is 4.14. The Balaban J connectivity index is 0.00000261. The number of guanidine groups is 1. The van der Waals surface area contributed by atoms with Crippen LogP contribution in [-0.2, 0) is 13.0 Å². The van der Waals surface area contributed by atoms with Crippen molar-refractivity contribution in [3.63, 3.8) is 0 Å². The molecule has 7 heteroatoms. The molecule has 3 rings (SSSR count). The van der Waals surface area contributed by atoms with Crippen LogP contribution in [0.5, 0.6) is 5.75 Å². The zero-order chi connectivity index (χ0) is 18.4. The number of ether oxygens (including phenoxy) is 1. The molecule has 3 aromatic rings. The van der Waals surface area contributed by atoms with Crippen LogP contribution in [0.15, 0.2) is 47.6 Å². The highest BCUT2D eigenvalue weighted by molar-refractivity contribution is 14.0. The summed E-state index contributed by atoms with van der Waals surface area (Å²) >= 11 is 1.74. The molecule has 2 N–H and O–H groups in total. The number of thiazole rings is 1. The van der Waals surface area contributed by atoms with Crippen LogP contribution < -0.4 is 15.4 Å². The van der Waals surface area contributed by atoms with Crippen LogP contribution in [-0.4, -0.2) is 31.6 Å². The van der Waals surface area contributed by atoms with Gasteiger partial charge >= 0.3 is 0 Å². The van der Waals surface area contributed by atoms with Crippen molar-refractivity contribution in [1.82, 2.24) is 15.6 Å². The van der Waals surface area contributed by atoms with E-state index >= 15 is 0 Å². The van der Waals surface area contributed by atoms with Crippen LogP contribution in [0.2, 0.25) is 0 Å². The highest BCUT2D eigenvalue weighted by atomic mass is 127. The average molecular weight is 496 g/mol. The summed E-state index contributed by atoms with van der Waals surface area (Å²) in [5, 5.41) is 10.2. The molecule has 0 saturated carbocycles. The molecule has 0 spiro atoms. The van der Waals surface area contributed by atoms with Gasteiger partial charge in [-0.25, -0.2) is 4.98 Å². The molecule has 1 heterocycles. The Bertz CT molecular complexity index is 910. The molecule has 0 bridgehead atoms. The van der Waals surface area contributed by atoms with Crippen LogP contribution in [0.1, 0.15) is 15.4 Å². The van der Waals surface area contributed by atoms with E-state index in [0.717, 1.165) is 36.2 Å². The number of aromatic nitrogens is 1. The lowest BCUT2D eigenvalue weighted by atomic mass is 10.1. The molecule has 5 nitrogen and oxygen atoms in total. The number of rotatable bonds is 6. The second-order valence-corrected chi connectivity index (χ2v) is 7.33. The first-order chi connectivity index (χ1) is 12.7. The smallest absolute Gasteiger partial charge is 0.191 e. The maximum atomic E-state index is 5.28. The molecule has 144 valence electrons. The van der Waals surface area contributed by atoms with E-state index in [9.17, 15) is 0 Å². The summed E-state index contributed by atoms with van der Waals surface area (Å²) in [6.07, 6.45) is 2.82. The first kappa shape index (κ1) is 21.4. The highest BCUT2D eigenvalue weighted by Gasteiger charge is 2.03. The van der Waals surface area contributed by atoms with E-state index < -0.39 is 0 Å². The molecule has 0 saturated heterocycles. The number of benzene rings is 2. The summed E-state index contributed by atoms with van der Waals surface area (Å²) in [6.45, 7) is 3.61. The number of aliphatic imine (C=N–C) groups is 1. The summed E-state index contributed by atoms with van der Waals surface area (Å²) in [4.78, 5) is 9.91. The van der Waals surface area contributed by atoms with Crippen LogP contribution in [0.3, 0.4) is 0 Å². The Labute approximate surface area is 181 Å². The highest BCUT2D eigenvalue weighted by Crippen LogP contribution is 2.21. The van der Waals surface area contributed by atoms with Crippen LogP contribution in [0, 0.1) is 6.92 Å². The molecule has 0 fully saturated rings.